The van der Waals surface area contributed by atoms with Crippen LogP contribution in [0.5, 0.6) is 0 Å². The Morgan fingerprint density at radius 3 is 2.32 bits per heavy atom. The van der Waals surface area contributed by atoms with Gasteiger partial charge in [-0.2, -0.15) is 11.8 Å². The number of hydrogen-bond donors (Lipinski definition) is 2. The largest absolute Gasteiger partial charge is 0.480 e. The van der Waals surface area contributed by atoms with Gasteiger partial charge >= 0.3 is 5.97 Å². The first-order valence-electron chi connectivity index (χ1n) is 10.0. The molecule has 0 bridgehead atoms. The van der Waals surface area contributed by atoms with Crippen LogP contribution in [0, 0.1) is 11.8 Å². The predicted octanol–water partition coefficient (Wildman–Crippen LogP) is 4.68. The minimum atomic E-state index is -1.01. The van der Waals surface area contributed by atoms with E-state index in [0.29, 0.717) is 17.6 Å². The highest BCUT2D eigenvalue weighted by atomic mass is 32.2. The number of amides is 1. The van der Waals surface area contributed by atoms with Gasteiger partial charge in [0.15, 0.2) is 0 Å². The van der Waals surface area contributed by atoms with Crippen molar-refractivity contribution >= 4 is 23.6 Å². The van der Waals surface area contributed by atoms with Crippen molar-refractivity contribution in [2.75, 3.05) is 25.2 Å². The van der Waals surface area contributed by atoms with Crippen LogP contribution < -0.4 is 5.32 Å². The summed E-state index contributed by atoms with van der Waals surface area (Å²) in [4.78, 5) is 22.8. The standard InChI is InChI=1S/C22H39NO4S/c1-16(2)9-7-10-17(3)11-8-12-18(4)19(5)14-28-15-20(22(25)26)23-21(24)13-27-6/h9,11,18-20H,7-8,10,12-15H2,1-6H3,(H,23,24)(H,25,26)/b17-11+/t18?,19?,20-/m0/s1. The molecule has 0 radical (unpaired) electrons. The first kappa shape index (κ1) is 26.7. The molecule has 3 atom stereocenters. The molecule has 2 N–H and O–H groups in total. The van der Waals surface area contributed by atoms with Crippen molar-refractivity contribution in [3.63, 3.8) is 0 Å². The average molecular weight is 414 g/mol. The van der Waals surface area contributed by atoms with Gasteiger partial charge in [-0.3, -0.25) is 4.79 Å². The van der Waals surface area contributed by atoms with Gasteiger partial charge < -0.3 is 15.2 Å². The zero-order valence-corrected chi connectivity index (χ0v) is 19.2. The number of hydrogen-bond acceptors (Lipinski definition) is 4. The summed E-state index contributed by atoms with van der Waals surface area (Å²) in [6, 6.07) is -0.874. The number of methoxy groups -OCH3 is 1. The molecule has 1 amide bonds. The fraction of sp³-hybridized carbons (Fsp3) is 0.727. The third kappa shape index (κ3) is 13.8. The average Bonchev–Trinajstić information content (AvgIpc) is 2.60. The number of carboxylic acids is 1. The Bertz CT molecular complexity index is 527. The zero-order chi connectivity index (χ0) is 21.5. The Kier molecular flexibility index (Phi) is 14.9. The Balaban J connectivity index is 4.18. The number of ether oxygens (including phenoxy) is 1. The number of nitrogens with one attached hydrogen (secondary N) is 1. The van der Waals surface area contributed by atoms with Crippen LogP contribution in [0.15, 0.2) is 23.3 Å². The van der Waals surface area contributed by atoms with Crippen LogP contribution in [0.25, 0.3) is 0 Å². The minimum absolute atomic E-state index is 0.122. The predicted molar refractivity (Wildman–Crippen MR) is 119 cm³/mol. The number of thioether (sulfide) groups is 1. The molecule has 2 unspecified atom stereocenters. The summed E-state index contributed by atoms with van der Waals surface area (Å²) in [5.74, 6) is 0.906. The first-order valence-corrected chi connectivity index (χ1v) is 11.2. The van der Waals surface area contributed by atoms with Gasteiger partial charge in [-0.25, -0.2) is 4.79 Å². The molecule has 28 heavy (non-hydrogen) atoms. The van der Waals surface area contributed by atoms with E-state index in [9.17, 15) is 14.7 Å². The van der Waals surface area contributed by atoms with E-state index < -0.39 is 17.9 Å². The van der Waals surface area contributed by atoms with E-state index in [2.05, 4.69) is 52.1 Å². The van der Waals surface area contributed by atoms with Gasteiger partial charge in [0.2, 0.25) is 5.91 Å². The highest BCUT2D eigenvalue weighted by molar-refractivity contribution is 7.99. The van der Waals surface area contributed by atoms with Crippen molar-refractivity contribution in [3.05, 3.63) is 23.3 Å². The van der Waals surface area contributed by atoms with E-state index in [1.54, 1.807) is 11.8 Å². The van der Waals surface area contributed by atoms with Crippen molar-refractivity contribution in [1.82, 2.24) is 5.32 Å². The van der Waals surface area contributed by atoms with E-state index in [-0.39, 0.29) is 6.61 Å². The smallest absolute Gasteiger partial charge is 0.327 e. The molecule has 0 aliphatic rings. The third-order valence-corrected chi connectivity index (χ3v) is 6.08. The quantitative estimate of drug-likeness (QED) is 0.381. The van der Waals surface area contributed by atoms with Crippen LogP contribution in [0.3, 0.4) is 0 Å². The Labute approximate surface area is 175 Å². The zero-order valence-electron chi connectivity index (χ0n) is 18.4. The van der Waals surface area contributed by atoms with E-state index >= 15 is 0 Å². The first-order chi connectivity index (χ1) is 13.2. The Morgan fingerprint density at radius 2 is 1.75 bits per heavy atom. The Hall–Kier alpha value is -1.27. The molecule has 0 aliphatic heterocycles. The van der Waals surface area contributed by atoms with Crippen molar-refractivity contribution in [1.29, 1.82) is 0 Å². The number of aliphatic carboxylic acids is 1. The van der Waals surface area contributed by atoms with Gasteiger partial charge in [0.1, 0.15) is 12.6 Å². The number of carbonyl (C=O) groups is 2. The lowest BCUT2D eigenvalue weighted by Crippen LogP contribution is -2.44. The van der Waals surface area contributed by atoms with E-state index in [1.807, 2.05) is 0 Å². The Morgan fingerprint density at radius 1 is 1.07 bits per heavy atom. The summed E-state index contributed by atoms with van der Waals surface area (Å²) in [6.07, 6.45) is 9.08. The monoisotopic (exact) mass is 413 g/mol. The second kappa shape index (κ2) is 15.6. The summed E-state index contributed by atoms with van der Waals surface area (Å²) < 4.78 is 4.73. The van der Waals surface area contributed by atoms with Gasteiger partial charge in [-0.15, -0.1) is 0 Å². The van der Waals surface area contributed by atoms with Gasteiger partial charge in [-0.05, 0) is 64.0 Å². The highest BCUT2D eigenvalue weighted by Crippen LogP contribution is 2.22. The van der Waals surface area contributed by atoms with Crippen LogP contribution in [-0.2, 0) is 14.3 Å². The van der Waals surface area contributed by atoms with E-state index in [0.717, 1.165) is 31.4 Å². The maximum atomic E-state index is 11.5. The molecular weight excluding hydrogens is 374 g/mol. The number of carbonyl (C=O) groups excluding carboxylic acids is 1. The minimum Gasteiger partial charge on any atom is -0.480 e. The van der Waals surface area contributed by atoms with Gasteiger partial charge in [0.05, 0.1) is 0 Å². The van der Waals surface area contributed by atoms with Crippen LogP contribution in [0.4, 0.5) is 0 Å². The second-order valence-electron chi connectivity index (χ2n) is 7.83. The van der Waals surface area contributed by atoms with Crippen LogP contribution in [-0.4, -0.2) is 48.2 Å². The molecule has 162 valence electrons. The van der Waals surface area contributed by atoms with Crippen molar-refractivity contribution in [2.24, 2.45) is 11.8 Å². The molecule has 0 rings (SSSR count). The lowest BCUT2D eigenvalue weighted by atomic mass is 9.92. The summed E-state index contributed by atoms with van der Waals surface area (Å²) in [5.41, 5.74) is 2.82. The van der Waals surface area contributed by atoms with Crippen molar-refractivity contribution < 1.29 is 19.4 Å². The fourth-order valence-corrected chi connectivity index (χ4v) is 3.94. The van der Waals surface area contributed by atoms with Crippen LogP contribution >= 0.6 is 11.8 Å². The third-order valence-electron chi connectivity index (χ3n) is 4.75. The van der Waals surface area contributed by atoms with Crippen molar-refractivity contribution in [2.45, 2.75) is 66.3 Å². The van der Waals surface area contributed by atoms with Gasteiger partial charge in [-0.1, -0.05) is 37.1 Å². The molecule has 0 saturated carbocycles. The van der Waals surface area contributed by atoms with Crippen molar-refractivity contribution in [3.8, 4) is 0 Å². The number of rotatable bonds is 15. The second-order valence-corrected chi connectivity index (χ2v) is 8.91. The molecule has 0 spiro atoms. The maximum Gasteiger partial charge on any atom is 0.327 e. The normalized spacial score (nSPS) is 14.9. The fourth-order valence-electron chi connectivity index (χ4n) is 2.65. The summed E-state index contributed by atoms with van der Waals surface area (Å²) >= 11 is 1.58. The van der Waals surface area contributed by atoms with E-state index in [1.165, 1.54) is 18.3 Å². The maximum absolute atomic E-state index is 11.5. The molecule has 0 aromatic carbocycles. The number of carboxylic acid groups (broad SMARTS) is 1. The topological polar surface area (TPSA) is 75.6 Å². The molecule has 0 fully saturated rings. The molecule has 0 aromatic heterocycles. The summed E-state index contributed by atoms with van der Waals surface area (Å²) in [7, 11) is 1.41. The summed E-state index contributed by atoms with van der Waals surface area (Å²) in [5, 5.41) is 11.7. The SMILES string of the molecule is COCC(=O)N[C@@H](CSCC(C)C(C)CC/C=C(\C)CCC=C(C)C)C(=O)O. The van der Waals surface area contributed by atoms with E-state index in [4.69, 9.17) is 4.74 Å². The van der Waals surface area contributed by atoms with Crippen LogP contribution in [0.2, 0.25) is 0 Å². The lowest BCUT2D eigenvalue weighted by Gasteiger charge is -2.20. The molecule has 0 aliphatic carbocycles. The summed E-state index contributed by atoms with van der Waals surface area (Å²) in [6.45, 7) is 10.8. The molecule has 0 aromatic rings. The molecular formula is C22H39NO4S. The number of allylic oxidation sites excluding steroid dienone is 4. The lowest BCUT2D eigenvalue weighted by molar-refractivity contribution is -0.141. The highest BCUT2D eigenvalue weighted by Gasteiger charge is 2.21. The van der Waals surface area contributed by atoms with Crippen LogP contribution in [0.1, 0.15) is 60.3 Å². The van der Waals surface area contributed by atoms with Gasteiger partial charge in [0.25, 0.3) is 0 Å². The molecule has 0 saturated heterocycles. The van der Waals surface area contributed by atoms with Gasteiger partial charge in [0, 0.05) is 12.9 Å². The molecule has 6 heteroatoms. The molecule has 0 heterocycles. The molecule has 5 nitrogen and oxygen atoms in total.